The average Bonchev–Trinajstić information content (AvgIpc) is 2.17. The average molecular weight is 210 g/mol. The van der Waals surface area contributed by atoms with Gasteiger partial charge in [0.25, 0.3) is 5.91 Å². The third-order valence-electron chi connectivity index (χ3n) is 2.17. The van der Waals surface area contributed by atoms with E-state index < -0.39 is 5.82 Å². The smallest absolute Gasteiger partial charge is 0.262 e. The molecule has 1 aromatic rings. The highest BCUT2D eigenvalue weighted by Gasteiger charge is 2.19. The zero-order valence-corrected chi connectivity index (χ0v) is 8.05. The van der Waals surface area contributed by atoms with Crippen LogP contribution in [0.3, 0.4) is 0 Å². The van der Waals surface area contributed by atoms with Crippen LogP contribution in [0, 0.1) is 5.82 Å². The largest absolute Gasteiger partial charge is 0.481 e. The zero-order chi connectivity index (χ0) is 10.8. The van der Waals surface area contributed by atoms with Crippen LogP contribution < -0.4 is 15.8 Å². The standard InChI is InChI=1S/C10H11FN2O2/c11-7-3-6(1-2-12)10-8(4-7)13-9(14)5-15-10/h3-4H,1-2,5,12H2,(H,13,14). The summed E-state index contributed by atoms with van der Waals surface area (Å²) in [7, 11) is 0. The summed E-state index contributed by atoms with van der Waals surface area (Å²) in [6.07, 6.45) is 0.524. The van der Waals surface area contributed by atoms with Crippen LogP contribution in [0.4, 0.5) is 10.1 Å². The van der Waals surface area contributed by atoms with Crippen molar-refractivity contribution in [1.82, 2.24) is 0 Å². The summed E-state index contributed by atoms with van der Waals surface area (Å²) in [6.45, 7) is 0.378. The number of nitrogens with two attached hydrogens (primary N) is 1. The Bertz CT molecular complexity index is 407. The molecule has 1 amide bonds. The number of hydrogen-bond donors (Lipinski definition) is 2. The van der Waals surface area contributed by atoms with Crippen molar-refractivity contribution in [2.24, 2.45) is 5.73 Å². The number of fused-ring (bicyclic) bond motifs is 1. The fourth-order valence-electron chi connectivity index (χ4n) is 1.58. The maximum Gasteiger partial charge on any atom is 0.262 e. The maximum atomic E-state index is 13.2. The van der Waals surface area contributed by atoms with E-state index in [0.29, 0.717) is 30.0 Å². The third kappa shape index (κ3) is 1.92. The Labute approximate surface area is 86.2 Å². The van der Waals surface area contributed by atoms with Crippen LogP contribution in [-0.4, -0.2) is 19.1 Å². The van der Waals surface area contributed by atoms with Gasteiger partial charge in [-0.2, -0.15) is 0 Å². The van der Waals surface area contributed by atoms with Crippen LogP contribution in [0.15, 0.2) is 12.1 Å². The minimum absolute atomic E-state index is 0.0315. The maximum absolute atomic E-state index is 13.2. The molecular formula is C10H11FN2O2. The SMILES string of the molecule is NCCc1cc(F)cc2c1OCC(=O)N2. The number of nitrogens with one attached hydrogen (secondary N) is 1. The summed E-state index contributed by atoms with van der Waals surface area (Å²) in [5.41, 5.74) is 6.48. The molecule has 1 heterocycles. The molecule has 0 bridgehead atoms. The lowest BCUT2D eigenvalue weighted by atomic mass is 10.1. The van der Waals surface area contributed by atoms with E-state index in [1.807, 2.05) is 0 Å². The van der Waals surface area contributed by atoms with Crippen LogP contribution >= 0.6 is 0 Å². The van der Waals surface area contributed by atoms with Crippen molar-refractivity contribution in [2.75, 3.05) is 18.5 Å². The van der Waals surface area contributed by atoms with Crippen molar-refractivity contribution in [3.05, 3.63) is 23.5 Å². The molecule has 0 unspecified atom stereocenters. The molecule has 0 fully saturated rings. The second kappa shape index (κ2) is 3.86. The monoisotopic (exact) mass is 210 g/mol. The van der Waals surface area contributed by atoms with Crippen molar-refractivity contribution in [1.29, 1.82) is 0 Å². The predicted molar refractivity (Wildman–Crippen MR) is 53.3 cm³/mol. The van der Waals surface area contributed by atoms with E-state index in [4.69, 9.17) is 10.5 Å². The van der Waals surface area contributed by atoms with Gasteiger partial charge in [-0.15, -0.1) is 0 Å². The predicted octanol–water partition coefficient (Wildman–Crippen LogP) is 0.658. The molecule has 2 rings (SSSR count). The molecule has 5 heteroatoms. The molecule has 0 saturated carbocycles. The van der Waals surface area contributed by atoms with Crippen LogP contribution in [0.2, 0.25) is 0 Å². The van der Waals surface area contributed by atoms with Gasteiger partial charge in [0, 0.05) is 11.6 Å². The fourth-order valence-corrected chi connectivity index (χ4v) is 1.58. The first-order valence-corrected chi connectivity index (χ1v) is 4.66. The topological polar surface area (TPSA) is 64.3 Å². The van der Waals surface area contributed by atoms with E-state index in [9.17, 15) is 9.18 Å². The van der Waals surface area contributed by atoms with Crippen molar-refractivity contribution >= 4 is 11.6 Å². The third-order valence-corrected chi connectivity index (χ3v) is 2.17. The molecule has 1 aliphatic heterocycles. The Kier molecular flexibility index (Phi) is 2.55. The molecule has 1 aliphatic rings. The van der Waals surface area contributed by atoms with E-state index in [2.05, 4.69) is 5.32 Å². The van der Waals surface area contributed by atoms with E-state index >= 15 is 0 Å². The lowest BCUT2D eigenvalue weighted by Crippen LogP contribution is -2.26. The Hall–Kier alpha value is -1.62. The van der Waals surface area contributed by atoms with Gasteiger partial charge in [-0.3, -0.25) is 4.79 Å². The number of anilines is 1. The second-order valence-corrected chi connectivity index (χ2v) is 3.32. The number of ether oxygens (including phenoxy) is 1. The Morgan fingerprint density at radius 1 is 1.53 bits per heavy atom. The molecule has 0 atom stereocenters. The molecule has 80 valence electrons. The Balaban J connectivity index is 2.44. The Morgan fingerprint density at radius 3 is 3.07 bits per heavy atom. The van der Waals surface area contributed by atoms with Crippen molar-refractivity contribution < 1.29 is 13.9 Å². The van der Waals surface area contributed by atoms with E-state index in [1.54, 1.807) is 0 Å². The summed E-state index contributed by atoms with van der Waals surface area (Å²) >= 11 is 0. The molecular weight excluding hydrogens is 199 g/mol. The van der Waals surface area contributed by atoms with Gasteiger partial charge in [0.05, 0.1) is 5.69 Å². The highest BCUT2D eigenvalue weighted by Crippen LogP contribution is 2.32. The number of carbonyl (C=O) groups is 1. The van der Waals surface area contributed by atoms with Crippen LogP contribution in [0.5, 0.6) is 5.75 Å². The molecule has 15 heavy (non-hydrogen) atoms. The van der Waals surface area contributed by atoms with Gasteiger partial charge in [-0.05, 0) is 19.0 Å². The molecule has 0 saturated heterocycles. The van der Waals surface area contributed by atoms with Gasteiger partial charge < -0.3 is 15.8 Å². The second-order valence-electron chi connectivity index (χ2n) is 3.32. The van der Waals surface area contributed by atoms with Gasteiger partial charge in [0.2, 0.25) is 0 Å². The highest BCUT2D eigenvalue weighted by atomic mass is 19.1. The summed E-state index contributed by atoms with van der Waals surface area (Å²) in [5, 5.41) is 2.55. The Morgan fingerprint density at radius 2 is 2.33 bits per heavy atom. The number of carbonyl (C=O) groups excluding carboxylic acids is 1. The van der Waals surface area contributed by atoms with Crippen molar-refractivity contribution in [3.8, 4) is 5.75 Å². The quantitative estimate of drug-likeness (QED) is 0.753. The zero-order valence-electron chi connectivity index (χ0n) is 8.05. The van der Waals surface area contributed by atoms with Gasteiger partial charge in [0.1, 0.15) is 11.6 Å². The van der Waals surface area contributed by atoms with E-state index in [1.165, 1.54) is 12.1 Å². The van der Waals surface area contributed by atoms with Crippen molar-refractivity contribution in [2.45, 2.75) is 6.42 Å². The molecule has 0 aromatic heterocycles. The lowest BCUT2D eigenvalue weighted by Gasteiger charge is -2.20. The molecule has 0 spiro atoms. The first-order chi connectivity index (χ1) is 7.20. The number of halogens is 1. The number of amides is 1. The molecule has 0 radical (unpaired) electrons. The number of benzene rings is 1. The molecule has 4 nitrogen and oxygen atoms in total. The van der Waals surface area contributed by atoms with Crippen molar-refractivity contribution in [3.63, 3.8) is 0 Å². The number of hydrogen-bond acceptors (Lipinski definition) is 3. The van der Waals surface area contributed by atoms with Gasteiger partial charge >= 0.3 is 0 Å². The van der Waals surface area contributed by atoms with Crippen LogP contribution in [-0.2, 0) is 11.2 Å². The minimum atomic E-state index is -0.400. The van der Waals surface area contributed by atoms with Gasteiger partial charge in [-0.1, -0.05) is 0 Å². The normalized spacial score (nSPS) is 14.1. The van der Waals surface area contributed by atoms with E-state index in [-0.39, 0.29) is 12.5 Å². The van der Waals surface area contributed by atoms with Gasteiger partial charge in [0.15, 0.2) is 6.61 Å². The van der Waals surface area contributed by atoms with Crippen LogP contribution in [0.25, 0.3) is 0 Å². The lowest BCUT2D eigenvalue weighted by molar-refractivity contribution is -0.118. The highest BCUT2D eigenvalue weighted by molar-refractivity contribution is 5.95. The fraction of sp³-hybridized carbons (Fsp3) is 0.300. The summed E-state index contributed by atoms with van der Waals surface area (Å²) < 4.78 is 18.4. The summed E-state index contributed by atoms with van der Waals surface area (Å²) in [4.78, 5) is 11.0. The summed E-state index contributed by atoms with van der Waals surface area (Å²) in [6, 6.07) is 2.62. The van der Waals surface area contributed by atoms with E-state index in [0.717, 1.165) is 0 Å². The van der Waals surface area contributed by atoms with Gasteiger partial charge in [-0.25, -0.2) is 4.39 Å². The number of rotatable bonds is 2. The van der Waals surface area contributed by atoms with Crippen LogP contribution in [0.1, 0.15) is 5.56 Å². The molecule has 1 aromatic carbocycles. The minimum Gasteiger partial charge on any atom is -0.481 e. The first-order valence-electron chi connectivity index (χ1n) is 4.66. The summed E-state index contributed by atoms with van der Waals surface area (Å²) in [5.74, 6) is -0.142. The molecule has 0 aliphatic carbocycles. The first kappa shape index (κ1) is 9.92. The molecule has 3 N–H and O–H groups in total.